The Labute approximate surface area is 94.4 Å². The molecule has 0 spiro atoms. The van der Waals surface area contributed by atoms with Crippen molar-refractivity contribution in [1.29, 1.82) is 0 Å². The number of carbonyl (C=O) groups excluding carboxylic acids is 1. The summed E-state index contributed by atoms with van der Waals surface area (Å²) >= 11 is 0. The first-order valence-electron chi connectivity index (χ1n) is 5.27. The van der Waals surface area contributed by atoms with Crippen LogP contribution in [-0.4, -0.2) is 37.4 Å². The van der Waals surface area contributed by atoms with Crippen LogP contribution in [0.25, 0.3) is 0 Å². The summed E-state index contributed by atoms with van der Waals surface area (Å²) in [5.41, 5.74) is 0. The second-order valence-corrected chi connectivity index (χ2v) is 3.36. The van der Waals surface area contributed by atoms with E-state index in [1.165, 1.54) is 0 Å². The predicted molar refractivity (Wildman–Crippen MR) is 58.3 cm³/mol. The fourth-order valence-corrected chi connectivity index (χ4v) is 1.19. The van der Waals surface area contributed by atoms with Crippen LogP contribution < -0.4 is 5.32 Å². The number of aryl methyl sites for hydroxylation is 1. The monoisotopic (exact) mass is 227 g/mol. The molecule has 16 heavy (non-hydrogen) atoms. The van der Waals surface area contributed by atoms with Gasteiger partial charge in [0.1, 0.15) is 5.76 Å². The van der Waals surface area contributed by atoms with Gasteiger partial charge in [0.25, 0.3) is 5.91 Å². The predicted octanol–water partition coefficient (Wildman–Crippen LogP) is 0.717. The van der Waals surface area contributed by atoms with Gasteiger partial charge < -0.3 is 19.6 Å². The normalized spacial score (nSPS) is 10.4. The molecule has 0 saturated heterocycles. The molecule has 1 amide bonds. The Hall–Kier alpha value is -1.33. The van der Waals surface area contributed by atoms with Crippen LogP contribution in [0.1, 0.15) is 22.7 Å². The second-order valence-electron chi connectivity index (χ2n) is 3.36. The Balaban J connectivity index is 2.11. The molecule has 5 heteroatoms. The van der Waals surface area contributed by atoms with Crippen LogP contribution in [0, 0.1) is 6.92 Å². The summed E-state index contributed by atoms with van der Waals surface area (Å²) in [6.07, 6.45) is 0.714. The average Bonchev–Trinajstić information content (AvgIpc) is 2.70. The van der Waals surface area contributed by atoms with Gasteiger partial charge in [0, 0.05) is 13.2 Å². The zero-order valence-electron chi connectivity index (χ0n) is 9.36. The molecular formula is C11H17NO4. The van der Waals surface area contributed by atoms with Crippen molar-refractivity contribution in [3.05, 3.63) is 23.7 Å². The zero-order chi connectivity index (χ0) is 11.8. The van der Waals surface area contributed by atoms with E-state index in [4.69, 9.17) is 14.3 Å². The van der Waals surface area contributed by atoms with Gasteiger partial charge in [-0.1, -0.05) is 0 Å². The van der Waals surface area contributed by atoms with Gasteiger partial charge in [0.15, 0.2) is 5.76 Å². The molecular weight excluding hydrogens is 210 g/mol. The van der Waals surface area contributed by atoms with Crippen molar-refractivity contribution in [2.45, 2.75) is 13.3 Å². The molecule has 0 bridgehead atoms. The molecule has 0 radical (unpaired) electrons. The SMILES string of the molecule is Cc1ccc(C(=O)NCCCOCCO)o1. The molecule has 0 atom stereocenters. The number of furan rings is 1. The van der Waals surface area contributed by atoms with Crippen LogP contribution in [0.4, 0.5) is 0 Å². The number of carbonyl (C=O) groups is 1. The molecule has 1 aromatic heterocycles. The van der Waals surface area contributed by atoms with E-state index in [1.807, 2.05) is 0 Å². The molecule has 1 heterocycles. The van der Waals surface area contributed by atoms with Crippen molar-refractivity contribution >= 4 is 5.91 Å². The largest absolute Gasteiger partial charge is 0.456 e. The van der Waals surface area contributed by atoms with Crippen LogP contribution >= 0.6 is 0 Å². The van der Waals surface area contributed by atoms with E-state index in [1.54, 1.807) is 19.1 Å². The van der Waals surface area contributed by atoms with Crippen molar-refractivity contribution in [2.24, 2.45) is 0 Å². The van der Waals surface area contributed by atoms with Crippen molar-refractivity contribution in [3.63, 3.8) is 0 Å². The topological polar surface area (TPSA) is 71.7 Å². The number of nitrogens with one attached hydrogen (secondary N) is 1. The molecule has 90 valence electrons. The van der Waals surface area contributed by atoms with Crippen LogP contribution in [0.2, 0.25) is 0 Å². The van der Waals surface area contributed by atoms with Crippen molar-refractivity contribution in [2.75, 3.05) is 26.4 Å². The summed E-state index contributed by atoms with van der Waals surface area (Å²) in [5, 5.41) is 11.2. The Kier molecular flexibility index (Phi) is 5.60. The van der Waals surface area contributed by atoms with Gasteiger partial charge in [0.05, 0.1) is 13.2 Å². The Morgan fingerprint density at radius 3 is 2.94 bits per heavy atom. The van der Waals surface area contributed by atoms with Crippen LogP contribution in [0.5, 0.6) is 0 Å². The lowest BCUT2D eigenvalue weighted by Crippen LogP contribution is -2.24. The van der Waals surface area contributed by atoms with E-state index in [9.17, 15) is 4.79 Å². The fourth-order valence-electron chi connectivity index (χ4n) is 1.19. The van der Waals surface area contributed by atoms with Gasteiger partial charge in [-0.2, -0.15) is 0 Å². The summed E-state index contributed by atoms with van der Waals surface area (Å²) in [4.78, 5) is 11.5. The molecule has 5 nitrogen and oxygen atoms in total. The Morgan fingerprint density at radius 1 is 1.50 bits per heavy atom. The lowest BCUT2D eigenvalue weighted by atomic mass is 10.4. The van der Waals surface area contributed by atoms with Gasteiger partial charge >= 0.3 is 0 Å². The maximum atomic E-state index is 11.5. The summed E-state index contributed by atoms with van der Waals surface area (Å²) in [5.74, 6) is 0.834. The van der Waals surface area contributed by atoms with E-state index < -0.39 is 0 Å². The second kappa shape index (κ2) is 7.03. The number of rotatable bonds is 7. The third-order valence-corrected chi connectivity index (χ3v) is 1.95. The highest BCUT2D eigenvalue weighted by Gasteiger charge is 2.08. The minimum Gasteiger partial charge on any atom is -0.456 e. The Morgan fingerprint density at radius 2 is 2.31 bits per heavy atom. The first-order chi connectivity index (χ1) is 7.74. The molecule has 2 N–H and O–H groups in total. The molecule has 0 aliphatic rings. The van der Waals surface area contributed by atoms with E-state index in [0.29, 0.717) is 31.9 Å². The standard InChI is InChI=1S/C11H17NO4/c1-9-3-4-10(16-9)11(14)12-5-2-7-15-8-6-13/h3-4,13H,2,5-8H2,1H3,(H,12,14). The highest BCUT2D eigenvalue weighted by molar-refractivity contribution is 5.91. The van der Waals surface area contributed by atoms with Crippen molar-refractivity contribution < 1.29 is 19.1 Å². The van der Waals surface area contributed by atoms with Gasteiger partial charge in [-0.3, -0.25) is 4.79 Å². The van der Waals surface area contributed by atoms with E-state index >= 15 is 0 Å². The third-order valence-electron chi connectivity index (χ3n) is 1.95. The molecule has 0 fully saturated rings. The number of amides is 1. The highest BCUT2D eigenvalue weighted by Crippen LogP contribution is 2.05. The van der Waals surface area contributed by atoms with Crippen LogP contribution in [0.3, 0.4) is 0 Å². The number of hydrogen-bond donors (Lipinski definition) is 2. The molecule has 1 rings (SSSR count). The number of aliphatic hydroxyl groups is 1. The molecule has 0 saturated carbocycles. The maximum absolute atomic E-state index is 11.5. The summed E-state index contributed by atoms with van der Waals surface area (Å²) in [6, 6.07) is 3.40. The molecule has 1 aromatic rings. The highest BCUT2D eigenvalue weighted by atomic mass is 16.5. The smallest absolute Gasteiger partial charge is 0.286 e. The van der Waals surface area contributed by atoms with Crippen LogP contribution in [-0.2, 0) is 4.74 Å². The molecule has 0 aromatic carbocycles. The summed E-state index contributed by atoms with van der Waals surface area (Å²) in [6.45, 7) is 3.21. The van der Waals surface area contributed by atoms with Crippen molar-refractivity contribution in [3.8, 4) is 0 Å². The fraction of sp³-hybridized carbons (Fsp3) is 0.545. The van der Waals surface area contributed by atoms with E-state index in [0.717, 1.165) is 5.76 Å². The van der Waals surface area contributed by atoms with Gasteiger partial charge in [-0.05, 0) is 25.5 Å². The van der Waals surface area contributed by atoms with Crippen molar-refractivity contribution in [1.82, 2.24) is 5.32 Å². The average molecular weight is 227 g/mol. The number of hydrogen-bond acceptors (Lipinski definition) is 4. The molecule has 0 aliphatic heterocycles. The molecule has 0 unspecified atom stereocenters. The quantitative estimate of drug-likeness (QED) is 0.673. The first-order valence-corrected chi connectivity index (χ1v) is 5.27. The summed E-state index contributed by atoms with van der Waals surface area (Å²) < 4.78 is 10.2. The summed E-state index contributed by atoms with van der Waals surface area (Å²) in [7, 11) is 0. The maximum Gasteiger partial charge on any atom is 0.286 e. The van der Waals surface area contributed by atoms with Gasteiger partial charge in [-0.15, -0.1) is 0 Å². The minimum absolute atomic E-state index is 0.0258. The van der Waals surface area contributed by atoms with Gasteiger partial charge in [0.2, 0.25) is 0 Å². The minimum atomic E-state index is -0.213. The Bertz CT molecular complexity index is 322. The van der Waals surface area contributed by atoms with Crippen LogP contribution in [0.15, 0.2) is 16.5 Å². The lowest BCUT2D eigenvalue weighted by molar-refractivity contribution is 0.0855. The third kappa shape index (κ3) is 4.46. The van der Waals surface area contributed by atoms with Gasteiger partial charge in [-0.25, -0.2) is 0 Å². The first kappa shape index (κ1) is 12.7. The number of ether oxygens (including phenoxy) is 1. The zero-order valence-corrected chi connectivity index (χ0v) is 9.36. The lowest BCUT2D eigenvalue weighted by Gasteiger charge is -2.03. The number of aliphatic hydroxyl groups excluding tert-OH is 1. The van der Waals surface area contributed by atoms with E-state index in [2.05, 4.69) is 5.32 Å². The van der Waals surface area contributed by atoms with E-state index in [-0.39, 0.29) is 12.5 Å². The molecule has 0 aliphatic carbocycles.